The van der Waals surface area contributed by atoms with E-state index in [2.05, 4.69) is 16.0 Å². The van der Waals surface area contributed by atoms with Gasteiger partial charge in [0.05, 0.1) is 26.3 Å². The lowest BCUT2D eigenvalue weighted by Crippen LogP contribution is -2.38. The van der Waals surface area contributed by atoms with E-state index in [4.69, 9.17) is 50.7 Å². The number of nitrogens with two attached hydrogens (primary N) is 1. The van der Waals surface area contributed by atoms with Gasteiger partial charge in [-0.1, -0.05) is 34.8 Å². The van der Waals surface area contributed by atoms with Gasteiger partial charge in [-0.3, -0.25) is 10.4 Å². The summed E-state index contributed by atoms with van der Waals surface area (Å²) < 4.78 is 6.04. The van der Waals surface area contributed by atoms with Crippen LogP contribution in [0, 0.1) is 16.7 Å². The quantitative estimate of drug-likeness (QED) is 0.333. The zero-order valence-electron chi connectivity index (χ0n) is 17.6. The molecule has 0 saturated carbocycles. The summed E-state index contributed by atoms with van der Waals surface area (Å²) in [6.45, 7) is 3.52. The number of halogens is 3. The summed E-state index contributed by atoms with van der Waals surface area (Å²) in [5.41, 5.74) is 8.42. The molecule has 7 nitrogen and oxygen atoms in total. The number of hydrogen-bond acceptors (Lipinski definition) is 7. The maximum atomic E-state index is 9.58. The number of aromatic nitrogens is 2. The summed E-state index contributed by atoms with van der Waals surface area (Å²) in [7, 11) is 0. The van der Waals surface area contributed by atoms with Crippen molar-refractivity contribution in [2.45, 2.75) is 19.4 Å². The maximum absolute atomic E-state index is 9.58. The van der Waals surface area contributed by atoms with Crippen LogP contribution >= 0.6 is 34.8 Å². The van der Waals surface area contributed by atoms with Crippen molar-refractivity contribution in [3.63, 3.8) is 0 Å². The molecule has 0 spiro atoms. The minimum Gasteiger partial charge on any atom is -0.484 e. The molecular formula is C23H19Cl3N6O. The van der Waals surface area contributed by atoms with E-state index in [0.717, 1.165) is 19.5 Å². The molecule has 0 aliphatic carbocycles. The Bertz CT molecular complexity index is 1270. The van der Waals surface area contributed by atoms with E-state index in [1.165, 1.54) is 18.5 Å². The molecule has 1 saturated heterocycles. The lowest BCUT2D eigenvalue weighted by Gasteiger charge is -2.32. The summed E-state index contributed by atoms with van der Waals surface area (Å²) in [6, 6.07) is 6.94. The van der Waals surface area contributed by atoms with Gasteiger partial charge in [-0.15, -0.1) is 0 Å². The van der Waals surface area contributed by atoms with Crippen LogP contribution in [-0.2, 0) is 0 Å². The number of nitrogen functional groups attached to an aromatic ring is 1. The van der Waals surface area contributed by atoms with Gasteiger partial charge in [0.25, 0.3) is 0 Å². The first kappa shape index (κ1) is 23.1. The maximum Gasteiger partial charge on any atom is 0.146 e. The fourth-order valence-corrected chi connectivity index (χ4v) is 4.44. The number of hydrogen-bond donors (Lipinski definition) is 2. The Labute approximate surface area is 206 Å². The van der Waals surface area contributed by atoms with Gasteiger partial charge in [-0.2, -0.15) is 5.26 Å². The van der Waals surface area contributed by atoms with Crippen molar-refractivity contribution >= 4 is 52.0 Å². The standard InChI is InChI=1S/C23H19Cl3N6O/c1-12(21-17(25)10-30-11-18(21)26)33-20-6-15(19(28)7-16(20)24)22(29)14-5-13(8-27)23(31-9-14)32-3-2-4-32/h5-7,9-12,29H,2-4,28H2,1H3/t12-/m1/s1. The fraction of sp³-hybridized carbons (Fsp3) is 0.217. The highest BCUT2D eigenvalue weighted by Crippen LogP contribution is 2.37. The monoisotopic (exact) mass is 500 g/mol. The molecule has 4 rings (SSSR count). The van der Waals surface area contributed by atoms with Gasteiger partial charge in [0.1, 0.15) is 23.7 Å². The van der Waals surface area contributed by atoms with Gasteiger partial charge >= 0.3 is 0 Å². The zero-order chi connectivity index (χ0) is 23.7. The highest BCUT2D eigenvalue weighted by atomic mass is 35.5. The summed E-state index contributed by atoms with van der Waals surface area (Å²) >= 11 is 18.9. The number of ether oxygens (including phenoxy) is 1. The molecule has 3 aromatic rings. The number of pyridine rings is 2. The molecular weight excluding hydrogens is 483 g/mol. The Morgan fingerprint density at radius 2 is 1.85 bits per heavy atom. The number of benzene rings is 1. The summed E-state index contributed by atoms with van der Waals surface area (Å²) in [4.78, 5) is 10.4. The van der Waals surface area contributed by atoms with Crippen LogP contribution in [0.25, 0.3) is 0 Å². The highest BCUT2D eigenvalue weighted by Gasteiger charge is 2.22. The molecule has 0 bridgehead atoms. The third-order valence-electron chi connectivity index (χ3n) is 5.41. The first-order valence-corrected chi connectivity index (χ1v) is 11.2. The van der Waals surface area contributed by atoms with E-state index < -0.39 is 6.10 Å². The minimum absolute atomic E-state index is 0.0980. The fourth-order valence-electron chi connectivity index (χ4n) is 3.55. The van der Waals surface area contributed by atoms with Crippen molar-refractivity contribution in [3.05, 3.63) is 74.1 Å². The number of rotatable bonds is 6. The molecule has 1 aromatic carbocycles. The first-order chi connectivity index (χ1) is 15.8. The number of nitriles is 1. The van der Waals surface area contributed by atoms with Crippen molar-refractivity contribution in [2.75, 3.05) is 23.7 Å². The summed E-state index contributed by atoms with van der Waals surface area (Å²) in [5, 5.41) is 19.3. The van der Waals surface area contributed by atoms with Crippen molar-refractivity contribution in [1.29, 1.82) is 10.7 Å². The van der Waals surface area contributed by atoms with Gasteiger partial charge in [0.15, 0.2) is 0 Å². The zero-order valence-corrected chi connectivity index (χ0v) is 19.8. The molecule has 1 fully saturated rings. The van der Waals surface area contributed by atoms with Crippen molar-refractivity contribution in [3.8, 4) is 11.8 Å². The molecule has 1 aliphatic rings. The molecule has 168 valence electrons. The van der Waals surface area contributed by atoms with Crippen LogP contribution in [0.4, 0.5) is 11.5 Å². The number of nitrogens with one attached hydrogen (secondary N) is 1. The van der Waals surface area contributed by atoms with E-state index in [0.29, 0.717) is 49.6 Å². The van der Waals surface area contributed by atoms with Crippen LogP contribution in [0.15, 0.2) is 36.8 Å². The SMILES string of the molecule is C[C@@H](Oc1cc(C(=N)c2cnc(N3CCC3)c(C#N)c2)c(N)cc1Cl)c1c(Cl)cncc1Cl. The molecule has 1 atom stereocenters. The minimum atomic E-state index is -0.543. The predicted octanol–water partition coefficient (Wildman–Crippen LogP) is 5.66. The molecule has 0 radical (unpaired) electrons. The van der Waals surface area contributed by atoms with Crippen LogP contribution in [0.1, 0.15) is 41.7 Å². The molecule has 0 amide bonds. The Hall–Kier alpha value is -3.05. The largest absolute Gasteiger partial charge is 0.484 e. The van der Waals surface area contributed by atoms with Crippen molar-refractivity contribution in [1.82, 2.24) is 9.97 Å². The second kappa shape index (κ2) is 9.44. The van der Waals surface area contributed by atoms with E-state index in [9.17, 15) is 5.26 Å². The van der Waals surface area contributed by atoms with Crippen molar-refractivity contribution in [2.24, 2.45) is 0 Å². The molecule has 1 aliphatic heterocycles. The van der Waals surface area contributed by atoms with Gasteiger partial charge in [-0.25, -0.2) is 4.98 Å². The normalized spacial score (nSPS) is 13.7. The predicted molar refractivity (Wildman–Crippen MR) is 131 cm³/mol. The Kier molecular flexibility index (Phi) is 6.61. The van der Waals surface area contributed by atoms with Crippen LogP contribution in [-0.4, -0.2) is 28.8 Å². The first-order valence-electron chi connectivity index (χ1n) is 10.1. The Morgan fingerprint density at radius 1 is 1.15 bits per heavy atom. The topological polar surface area (TPSA) is 112 Å². The lowest BCUT2D eigenvalue weighted by molar-refractivity contribution is 0.227. The molecule has 2 aromatic heterocycles. The highest BCUT2D eigenvalue weighted by molar-refractivity contribution is 6.36. The average Bonchev–Trinajstić information content (AvgIpc) is 2.74. The van der Waals surface area contributed by atoms with Gasteiger partial charge < -0.3 is 15.4 Å². The second-order valence-corrected chi connectivity index (χ2v) is 8.79. The Morgan fingerprint density at radius 3 is 2.45 bits per heavy atom. The summed E-state index contributed by atoms with van der Waals surface area (Å²) in [5.74, 6) is 0.945. The van der Waals surface area contributed by atoms with Gasteiger partial charge in [0.2, 0.25) is 0 Å². The average molecular weight is 502 g/mol. The number of anilines is 2. The lowest BCUT2D eigenvalue weighted by atomic mass is 10.00. The van der Waals surface area contributed by atoms with Crippen LogP contribution in [0.5, 0.6) is 5.75 Å². The Balaban J connectivity index is 1.66. The third kappa shape index (κ3) is 4.55. The van der Waals surface area contributed by atoms with Crippen molar-refractivity contribution < 1.29 is 4.74 Å². The number of nitrogens with zero attached hydrogens (tertiary/aromatic N) is 4. The summed E-state index contributed by atoms with van der Waals surface area (Å²) in [6.07, 6.45) is 5.07. The molecule has 10 heteroatoms. The molecule has 0 unspecified atom stereocenters. The van der Waals surface area contributed by atoms with Gasteiger partial charge in [-0.05, 0) is 31.5 Å². The van der Waals surface area contributed by atoms with Crippen LogP contribution in [0.3, 0.4) is 0 Å². The van der Waals surface area contributed by atoms with Gasteiger partial charge in [0, 0.05) is 54.1 Å². The van der Waals surface area contributed by atoms with E-state index in [1.54, 1.807) is 25.3 Å². The third-order valence-corrected chi connectivity index (χ3v) is 6.30. The van der Waals surface area contributed by atoms with Crippen LogP contribution < -0.4 is 15.4 Å². The molecule has 3 heterocycles. The molecule has 33 heavy (non-hydrogen) atoms. The molecule has 3 N–H and O–H groups in total. The van der Waals surface area contributed by atoms with E-state index in [-0.39, 0.29) is 10.7 Å². The smallest absolute Gasteiger partial charge is 0.146 e. The van der Waals surface area contributed by atoms with E-state index >= 15 is 0 Å². The van der Waals surface area contributed by atoms with E-state index in [1.807, 2.05) is 4.90 Å². The van der Waals surface area contributed by atoms with Crippen LogP contribution in [0.2, 0.25) is 15.1 Å². The second-order valence-electron chi connectivity index (χ2n) is 7.57.